The third kappa shape index (κ3) is 13.4. The Morgan fingerprint density at radius 3 is 1.09 bits per heavy atom. The number of nitrogens with zero attached hydrogens (tertiary/aromatic N) is 2. The molecule has 2 heterocycles. The minimum Gasteiger partial charge on any atom is -0.493 e. The number of hydrogen-bond donors (Lipinski definition) is 0. The molecule has 0 unspecified atom stereocenters. The molecule has 4 atom stereocenters. The Labute approximate surface area is 438 Å². The number of rotatable bonds is 28. The molecule has 16 nitrogen and oxygen atoms in total. The van der Waals surface area contributed by atoms with Crippen LogP contribution in [0.4, 0.5) is 0 Å². The molecule has 0 bridgehead atoms. The molecular weight excluding hydrogens is 949 g/mol. The molecule has 2 aliphatic rings. The van der Waals surface area contributed by atoms with Gasteiger partial charge in [0.15, 0.2) is 46.0 Å². The van der Waals surface area contributed by atoms with Crippen molar-refractivity contribution >= 4 is 11.9 Å². The van der Waals surface area contributed by atoms with Crippen LogP contribution >= 0.6 is 0 Å². The Balaban J connectivity index is 0.967. The van der Waals surface area contributed by atoms with Crippen molar-refractivity contribution in [2.45, 2.75) is 76.3 Å². The summed E-state index contributed by atoms with van der Waals surface area (Å²) in [5.41, 5.74) is 6.93. The second kappa shape index (κ2) is 26.6. The van der Waals surface area contributed by atoms with Gasteiger partial charge < -0.3 is 65.8 Å². The van der Waals surface area contributed by atoms with Crippen molar-refractivity contribution < 1.29 is 75.4 Å². The molecule has 2 aliphatic heterocycles. The van der Waals surface area contributed by atoms with Crippen molar-refractivity contribution in [2.24, 2.45) is 0 Å². The molecule has 0 aliphatic carbocycles. The Hall–Kier alpha value is -6.52. The van der Waals surface area contributed by atoms with Crippen molar-refractivity contribution in [1.29, 1.82) is 0 Å². The van der Waals surface area contributed by atoms with Crippen LogP contribution in [0.2, 0.25) is 0 Å². The maximum Gasteiger partial charge on any atom is 0.306 e. The molecule has 0 aromatic heterocycles. The summed E-state index contributed by atoms with van der Waals surface area (Å²) in [6.07, 6.45) is 9.94. The van der Waals surface area contributed by atoms with Crippen LogP contribution in [0, 0.1) is 0 Å². The Morgan fingerprint density at radius 2 is 0.784 bits per heavy atom. The molecule has 0 spiro atoms. The van der Waals surface area contributed by atoms with Crippen LogP contribution in [0.15, 0.2) is 60.7 Å². The van der Waals surface area contributed by atoms with E-state index in [9.17, 15) is 9.59 Å². The predicted octanol–water partition coefficient (Wildman–Crippen LogP) is 9.03. The molecular formula is C58H80N2O14+2. The van der Waals surface area contributed by atoms with E-state index in [1.54, 1.807) is 71.1 Å². The van der Waals surface area contributed by atoms with Crippen molar-refractivity contribution in [2.75, 3.05) is 125 Å². The summed E-state index contributed by atoms with van der Waals surface area (Å²) in [4.78, 5) is 25.7. The van der Waals surface area contributed by atoms with Crippen molar-refractivity contribution in [3.8, 4) is 57.5 Å². The molecule has 0 saturated heterocycles. The number of benzene rings is 4. The van der Waals surface area contributed by atoms with Gasteiger partial charge in [-0.1, -0.05) is 12.2 Å². The topological polar surface area (TPSA) is 145 Å². The van der Waals surface area contributed by atoms with Gasteiger partial charge in [-0.2, -0.15) is 0 Å². The van der Waals surface area contributed by atoms with E-state index in [-0.39, 0.29) is 36.9 Å². The minimum absolute atomic E-state index is 0.0551. The van der Waals surface area contributed by atoms with Gasteiger partial charge in [0.25, 0.3) is 0 Å². The number of carbonyl (C=O) groups is 2. The number of quaternary nitrogens is 2. The van der Waals surface area contributed by atoms with Gasteiger partial charge in [-0.15, -0.1) is 0 Å². The normalized spacial score (nSPS) is 18.9. The SMILES string of the molecule is COc1cc2c(cc1OC)[C@@H](Cc1cc(OC)c(OC)c(OC)c1)[N@@+](C)(CCCOC(=O)CC/C=C/CCC(=O)OCCC[N@+]1(C)CCc3cc(OC)c(OC)cc3[C@H]1Cc1cc(OC)c(OC)c(OC)c1)CC2. The van der Waals surface area contributed by atoms with Gasteiger partial charge in [-0.3, -0.25) is 9.59 Å². The van der Waals surface area contributed by atoms with Crippen molar-refractivity contribution in [1.82, 2.24) is 0 Å². The summed E-state index contributed by atoms with van der Waals surface area (Å²) >= 11 is 0. The average molecular weight is 1030 g/mol. The van der Waals surface area contributed by atoms with E-state index in [1.165, 1.54) is 22.3 Å². The zero-order valence-electron chi connectivity index (χ0n) is 45.9. The van der Waals surface area contributed by atoms with E-state index in [0.717, 1.165) is 59.1 Å². The monoisotopic (exact) mass is 1030 g/mol. The molecule has 6 rings (SSSR count). The van der Waals surface area contributed by atoms with Crippen LogP contribution in [0.3, 0.4) is 0 Å². The Morgan fingerprint density at radius 1 is 0.459 bits per heavy atom. The molecule has 74 heavy (non-hydrogen) atoms. The molecule has 4 aromatic rings. The van der Waals surface area contributed by atoms with Crippen LogP contribution in [0.1, 0.15) is 84.0 Å². The van der Waals surface area contributed by atoms with Gasteiger partial charge in [0.1, 0.15) is 12.1 Å². The number of hydrogen-bond acceptors (Lipinski definition) is 14. The van der Waals surface area contributed by atoms with E-state index >= 15 is 0 Å². The zero-order valence-corrected chi connectivity index (χ0v) is 45.9. The number of methoxy groups -OCH3 is 10. The quantitative estimate of drug-likeness (QED) is 0.0231. The van der Waals surface area contributed by atoms with Gasteiger partial charge in [0.05, 0.1) is 125 Å². The van der Waals surface area contributed by atoms with Gasteiger partial charge in [-0.25, -0.2) is 0 Å². The van der Waals surface area contributed by atoms with Crippen LogP contribution < -0.4 is 47.4 Å². The van der Waals surface area contributed by atoms with E-state index < -0.39 is 0 Å². The Kier molecular flexibility index (Phi) is 20.4. The van der Waals surface area contributed by atoms with E-state index in [0.29, 0.717) is 109 Å². The predicted molar refractivity (Wildman–Crippen MR) is 282 cm³/mol. The molecule has 4 aromatic carbocycles. The maximum atomic E-state index is 12.9. The summed E-state index contributed by atoms with van der Waals surface area (Å²) in [6, 6.07) is 16.5. The highest BCUT2D eigenvalue weighted by Crippen LogP contribution is 2.47. The number of esters is 2. The van der Waals surface area contributed by atoms with Crippen molar-refractivity contribution in [3.63, 3.8) is 0 Å². The summed E-state index contributed by atoms with van der Waals surface area (Å²) in [6.45, 7) is 4.02. The lowest BCUT2D eigenvalue weighted by molar-refractivity contribution is -0.941. The van der Waals surface area contributed by atoms with Crippen LogP contribution in [0.5, 0.6) is 57.5 Å². The summed E-state index contributed by atoms with van der Waals surface area (Å²) in [7, 11) is 20.9. The molecule has 0 N–H and O–H groups in total. The van der Waals surface area contributed by atoms with E-state index in [4.69, 9.17) is 56.8 Å². The molecule has 0 radical (unpaired) electrons. The highest BCUT2D eigenvalue weighted by molar-refractivity contribution is 5.70. The van der Waals surface area contributed by atoms with Gasteiger partial charge in [-0.05, 0) is 83.6 Å². The Bertz CT molecular complexity index is 2340. The molecule has 0 saturated carbocycles. The molecule has 404 valence electrons. The molecule has 0 fully saturated rings. The number of allylic oxidation sites excluding steroid dienone is 2. The minimum atomic E-state index is -0.246. The smallest absolute Gasteiger partial charge is 0.306 e. The van der Waals surface area contributed by atoms with Gasteiger partial charge in [0.2, 0.25) is 11.5 Å². The van der Waals surface area contributed by atoms with Gasteiger partial charge in [0, 0.05) is 62.5 Å². The fourth-order valence-electron chi connectivity index (χ4n) is 10.8. The number of carbonyl (C=O) groups excluding carboxylic acids is 2. The zero-order chi connectivity index (χ0) is 53.4. The summed E-state index contributed by atoms with van der Waals surface area (Å²) in [5.74, 6) is 5.81. The highest BCUT2D eigenvalue weighted by Gasteiger charge is 2.42. The lowest BCUT2D eigenvalue weighted by Gasteiger charge is -2.46. The van der Waals surface area contributed by atoms with Crippen LogP contribution in [-0.2, 0) is 44.7 Å². The lowest BCUT2D eigenvalue weighted by atomic mass is 9.86. The van der Waals surface area contributed by atoms with E-state index in [2.05, 4.69) is 38.4 Å². The second-order valence-electron chi connectivity index (χ2n) is 19.4. The fourth-order valence-corrected chi connectivity index (χ4v) is 10.8. The van der Waals surface area contributed by atoms with Gasteiger partial charge >= 0.3 is 11.9 Å². The number of likely N-dealkylation sites (N-methyl/N-ethyl adjacent to an activating group) is 2. The maximum absolute atomic E-state index is 12.9. The molecule has 0 amide bonds. The fraction of sp³-hybridized carbons (Fsp3) is 0.517. The largest absolute Gasteiger partial charge is 0.493 e. The third-order valence-corrected chi connectivity index (χ3v) is 15.0. The first-order valence-corrected chi connectivity index (χ1v) is 25.5. The van der Waals surface area contributed by atoms with Crippen molar-refractivity contribution in [3.05, 3.63) is 94.1 Å². The second-order valence-corrected chi connectivity index (χ2v) is 19.4. The van der Waals surface area contributed by atoms with Crippen LogP contribution in [-0.4, -0.2) is 145 Å². The number of ether oxygens (including phenoxy) is 12. The average Bonchev–Trinajstić information content (AvgIpc) is 3.42. The van der Waals surface area contributed by atoms with E-state index in [1.807, 2.05) is 36.4 Å². The molecule has 16 heteroatoms. The standard InChI is InChI=1S/C58H80N2O14/c1-59(25-21-41-35-47(63-3)49(65-5)37-43(41)45(59)29-39-31-51(67-7)57(71-11)52(32-39)68-8)23-17-27-73-55(61)19-15-13-14-16-20-56(62)74-28-18-24-60(2)26-22-42-36-48(64-4)50(66-6)38-44(42)46(60)30-40-33-53(69-9)58(72-12)54(34-40)70-10/h13-14,31-38,45-46H,15-30H2,1-12H3/q+2/b14-13+/t45-,46-,59-,60+/m1/s1. The number of fused-ring (bicyclic) bond motifs is 2. The first-order chi connectivity index (χ1) is 35.7. The summed E-state index contributed by atoms with van der Waals surface area (Å²) in [5, 5.41) is 0. The summed E-state index contributed by atoms with van der Waals surface area (Å²) < 4.78 is 69.8. The first-order valence-electron chi connectivity index (χ1n) is 25.5. The third-order valence-electron chi connectivity index (χ3n) is 15.0. The first kappa shape index (κ1) is 56.8. The lowest BCUT2D eigenvalue weighted by Crippen LogP contribution is -2.52. The highest BCUT2D eigenvalue weighted by atomic mass is 16.6. The van der Waals surface area contributed by atoms with Crippen LogP contribution in [0.25, 0.3) is 0 Å².